The maximum atomic E-state index is 13.0. The van der Waals surface area contributed by atoms with E-state index in [1.165, 1.54) is 0 Å². The van der Waals surface area contributed by atoms with Crippen molar-refractivity contribution >= 4 is 5.91 Å². The third-order valence-electron chi connectivity index (χ3n) is 5.50. The first kappa shape index (κ1) is 20.2. The number of rotatable bonds is 7. The molecule has 0 atom stereocenters. The molecular formula is C25H29N3O2. The number of ether oxygens (including phenoxy) is 1. The van der Waals surface area contributed by atoms with Crippen LogP contribution in [0.2, 0.25) is 0 Å². The number of amides is 1. The van der Waals surface area contributed by atoms with Crippen LogP contribution in [0.25, 0.3) is 11.3 Å². The summed E-state index contributed by atoms with van der Waals surface area (Å²) in [4.78, 5) is 14.9. The van der Waals surface area contributed by atoms with Crippen LogP contribution in [0.3, 0.4) is 0 Å². The van der Waals surface area contributed by atoms with E-state index in [-0.39, 0.29) is 17.9 Å². The largest absolute Gasteiger partial charge is 0.439 e. The Labute approximate surface area is 178 Å². The summed E-state index contributed by atoms with van der Waals surface area (Å²) < 4.78 is 8.10. The summed E-state index contributed by atoms with van der Waals surface area (Å²) in [5.41, 5.74) is 3.94. The third kappa shape index (κ3) is 4.25. The van der Waals surface area contributed by atoms with Crippen LogP contribution in [0.5, 0.6) is 11.6 Å². The van der Waals surface area contributed by atoms with Crippen molar-refractivity contribution in [3.63, 3.8) is 0 Å². The van der Waals surface area contributed by atoms with Crippen LogP contribution in [0.1, 0.15) is 37.8 Å². The Morgan fingerprint density at radius 3 is 2.53 bits per heavy atom. The Hall–Kier alpha value is -3.08. The topological polar surface area (TPSA) is 47.4 Å². The van der Waals surface area contributed by atoms with Gasteiger partial charge in [0.15, 0.2) is 0 Å². The van der Waals surface area contributed by atoms with Gasteiger partial charge in [-0.1, -0.05) is 42.5 Å². The first-order valence-corrected chi connectivity index (χ1v) is 10.6. The maximum Gasteiger partial charge on any atom is 0.226 e. The molecule has 0 radical (unpaired) electrons. The molecule has 1 heterocycles. The van der Waals surface area contributed by atoms with E-state index in [1.54, 1.807) is 4.68 Å². The summed E-state index contributed by atoms with van der Waals surface area (Å²) >= 11 is 0. The van der Waals surface area contributed by atoms with Gasteiger partial charge in [-0.25, -0.2) is 4.68 Å². The molecule has 156 valence electrons. The Morgan fingerprint density at radius 1 is 1.17 bits per heavy atom. The fourth-order valence-corrected chi connectivity index (χ4v) is 3.69. The maximum absolute atomic E-state index is 13.0. The fourth-order valence-electron chi connectivity index (χ4n) is 3.69. The molecule has 0 N–H and O–H groups in total. The van der Waals surface area contributed by atoms with Crippen molar-refractivity contribution in [2.24, 2.45) is 13.0 Å². The lowest BCUT2D eigenvalue weighted by Crippen LogP contribution is -2.37. The molecule has 1 amide bonds. The molecule has 3 aromatic rings. The number of benzene rings is 2. The molecule has 0 spiro atoms. The van der Waals surface area contributed by atoms with Crippen molar-refractivity contribution < 1.29 is 9.53 Å². The van der Waals surface area contributed by atoms with Gasteiger partial charge in [0, 0.05) is 24.6 Å². The van der Waals surface area contributed by atoms with E-state index in [0.29, 0.717) is 12.4 Å². The highest BCUT2D eigenvalue weighted by molar-refractivity contribution is 5.81. The highest BCUT2D eigenvalue weighted by Gasteiger charge is 2.35. The van der Waals surface area contributed by atoms with Crippen molar-refractivity contribution in [1.29, 1.82) is 0 Å². The second-order valence-corrected chi connectivity index (χ2v) is 8.37. The first-order valence-electron chi connectivity index (χ1n) is 10.6. The molecule has 30 heavy (non-hydrogen) atoms. The Morgan fingerprint density at radius 2 is 1.90 bits per heavy atom. The van der Waals surface area contributed by atoms with E-state index in [2.05, 4.69) is 13.8 Å². The van der Waals surface area contributed by atoms with E-state index >= 15 is 0 Å². The molecule has 0 aliphatic heterocycles. The van der Waals surface area contributed by atoms with E-state index < -0.39 is 0 Å². The number of hydrogen-bond acceptors (Lipinski definition) is 3. The monoisotopic (exact) mass is 403 g/mol. The second kappa shape index (κ2) is 8.34. The minimum absolute atomic E-state index is 0.105. The molecule has 1 saturated carbocycles. The molecular weight excluding hydrogens is 374 g/mol. The first-order chi connectivity index (χ1) is 14.4. The molecule has 0 bridgehead atoms. The van der Waals surface area contributed by atoms with Crippen LogP contribution in [-0.2, 0) is 18.4 Å². The lowest BCUT2D eigenvalue weighted by molar-refractivity contribution is -0.134. The van der Waals surface area contributed by atoms with Crippen LogP contribution in [0, 0.1) is 12.8 Å². The predicted octanol–water partition coefficient (Wildman–Crippen LogP) is 5.33. The van der Waals surface area contributed by atoms with Gasteiger partial charge < -0.3 is 9.64 Å². The van der Waals surface area contributed by atoms with E-state index in [9.17, 15) is 4.79 Å². The van der Waals surface area contributed by atoms with Gasteiger partial charge in [-0.2, -0.15) is 5.10 Å². The number of aryl methyl sites for hydroxylation is 2. The number of nitrogens with zero attached hydrogens (tertiary/aromatic N) is 3. The van der Waals surface area contributed by atoms with Crippen molar-refractivity contribution in [2.45, 2.75) is 46.2 Å². The van der Waals surface area contributed by atoms with Crippen LogP contribution in [0.15, 0.2) is 54.6 Å². The summed E-state index contributed by atoms with van der Waals surface area (Å²) in [5.74, 6) is 1.84. The average Bonchev–Trinajstić information content (AvgIpc) is 3.53. The minimum Gasteiger partial charge on any atom is -0.439 e. The fraction of sp³-hybridized carbons (Fsp3) is 0.360. The number of hydrogen-bond donors (Lipinski definition) is 0. The molecule has 1 aliphatic rings. The van der Waals surface area contributed by atoms with Gasteiger partial charge in [-0.15, -0.1) is 0 Å². The number of carbonyl (C=O) groups excluding carboxylic acids is 1. The molecule has 2 aromatic carbocycles. The lowest BCUT2D eigenvalue weighted by Gasteiger charge is -2.27. The zero-order valence-electron chi connectivity index (χ0n) is 18.1. The zero-order valence-corrected chi connectivity index (χ0v) is 18.1. The summed E-state index contributed by atoms with van der Waals surface area (Å²) in [7, 11) is 1.89. The quantitative estimate of drug-likeness (QED) is 0.535. The highest BCUT2D eigenvalue weighted by atomic mass is 16.5. The smallest absolute Gasteiger partial charge is 0.226 e. The van der Waals surface area contributed by atoms with Crippen molar-refractivity contribution in [1.82, 2.24) is 14.7 Å². The van der Waals surface area contributed by atoms with Crippen LogP contribution in [-0.4, -0.2) is 26.6 Å². The van der Waals surface area contributed by atoms with Gasteiger partial charge in [-0.05, 0) is 51.3 Å². The van der Waals surface area contributed by atoms with Crippen molar-refractivity contribution in [3.8, 4) is 22.9 Å². The lowest BCUT2D eigenvalue weighted by atomic mass is 10.1. The van der Waals surface area contributed by atoms with Crippen LogP contribution < -0.4 is 4.74 Å². The number of aromatic nitrogens is 2. The summed E-state index contributed by atoms with van der Waals surface area (Å²) in [5, 5.41) is 4.79. The van der Waals surface area contributed by atoms with Gasteiger partial charge in [0.25, 0.3) is 0 Å². The molecule has 5 nitrogen and oxygen atoms in total. The van der Waals surface area contributed by atoms with Gasteiger partial charge in [0.1, 0.15) is 11.4 Å². The summed E-state index contributed by atoms with van der Waals surface area (Å²) in [6.45, 7) is 6.66. The summed E-state index contributed by atoms with van der Waals surface area (Å²) in [6.07, 6.45) is 1.99. The SMILES string of the molecule is Cc1cccc(Oc2c(CN(C(=O)C3CC3)C(C)C)c(-c3ccccc3)nn2C)c1. The Balaban J connectivity index is 1.77. The van der Waals surface area contributed by atoms with E-state index in [4.69, 9.17) is 9.84 Å². The zero-order chi connectivity index (χ0) is 21.3. The molecule has 0 unspecified atom stereocenters. The van der Waals surface area contributed by atoms with Crippen LogP contribution >= 0.6 is 0 Å². The standard InChI is InChI=1S/C25H29N3O2/c1-17(2)28(24(29)20-13-14-20)16-22-23(19-10-6-5-7-11-19)26-27(4)25(22)30-21-12-8-9-18(3)15-21/h5-12,15,17,20H,13-14,16H2,1-4H3. The van der Waals surface area contributed by atoms with Crippen molar-refractivity contribution in [3.05, 3.63) is 65.7 Å². The molecule has 0 saturated heterocycles. The van der Waals surface area contributed by atoms with Crippen molar-refractivity contribution in [2.75, 3.05) is 0 Å². The normalized spacial score (nSPS) is 13.5. The highest BCUT2D eigenvalue weighted by Crippen LogP contribution is 2.37. The minimum atomic E-state index is 0.105. The van der Waals surface area contributed by atoms with E-state index in [0.717, 1.165) is 41.0 Å². The van der Waals surface area contributed by atoms with E-state index in [1.807, 2.05) is 73.5 Å². The van der Waals surface area contributed by atoms with Gasteiger partial charge in [0.05, 0.1) is 12.1 Å². The second-order valence-electron chi connectivity index (χ2n) is 8.37. The molecule has 1 aliphatic carbocycles. The van der Waals surface area contributed by atoms with Gasteiger partial charge in [-0.3, -0.25) is 4.79 Å². The van der Waals surface area contributed by atoms with Gasteiger partial charge in [0.2, 0.25) is 11.8 Å². The third-order valence-corrected chi connectivity index (χ3v) is 5.50. The molecule has 4 rings (SSSR count). The average molecular weight is 404 g/mol. The molecule has 1 fully saturated rings. The number of carbonyl (C=O) groups is 1. The molecule has 5 heteroatoms. The van der Waals surface area contributed by atoms with Gasteiger partial charge >= 0.3 is 0 Å². The Bertz CT molecular complexity index is 1040. The summed E-state index contributed by atoms with van der Waals surface area (Å²) in [6, 6.07) is 18.2. The predicted molar refractivity (Wildman–Crippen MR) is 118 cm³/mol. The molecule has 1 aromatic heterocycles. The van der Waals surface area contributed by atoms with Crippen LogP contribution in [0.4, 0.5) is 0 Å². The Kier molecular flexibility index (Phi) is 5.62.